The van der Waals surface area contributed by atoms with E-state index in [4.69, 9.17) is 13.8 Å². The lowest BCUT2D eigenvalue weighted by molar-refractivity contribution is -0.135. The van der Waals surface area contributed by atoms with Crippen LogP contribution in [0.1, 0.15) is 46.0 Å². The largest absolute Gasteiger partial charge is 0.458 e. The third-order valence-corrected chi connectivity index (χ3v) is 12.1. The Hall–Kier alpha value is -0.960. The molecule has 5 unspecified atom stereocenters. The normalized spacial score (nSPS) is 41.7. The van der Waals surface area contributed by atoms with Crippen LogP contribution in [0.5, 0.6) is 0 Å². The van der Waals surface area contributed by atoms with E-state index >= 15 is 0 Å². The van der Waals surface area contributed by atoms with Gasteiger partial charge in [-0.05, 0) is 54.9 Å². The van der Waals surface area contributed by atoms with Crippen molar-refractivity contribution < 1.29 is 18.6 Å². The Labute approximate surface area is 176 Å². The fraction of sp³-hybridized carbons (Fsp3) is 0.708. The second-order valence-corrected chi connectivity index (χ2v) is 13.1. The molecule has 4 rings (SSSR count). The zero-order valence-electron chi connectivity index (χ0n) is 18.4. The molecule has 5 atom stereocenters. The van der Waals surface area contributed by atoms with Crippen molar-refractivity contribution in [3.63, 3.8) is 0 Å². The molecule has 2 heterocycles. The molecule has 0 aromatic heterocycles. The molecule has 4 nitrogen and oxygen atoms in total. The monoisotopic (exact) mass is 419 g/mol. The lowest BCUT2D eigenvalue weighted by Gasteiger charge is -2.62. The van der Waals surface area contributed by atoms with Crippen LogP contribution in [0.4, 0.5) is 0 Å². The molecule has 160 valence electrons. The van der Waals surface area contributed by atoms with E-state index in [0.717, 1.165) is 18.7 Å². The standard InChI is InChI=1S/C24H36O4P/c1-17-6-9-21-23(2)13-15-29(26-4,27-5)16-19(23)10-12-24(21,3)20(17)8-7-18-11-14-28-22(18)25/h7-8,11,19-21H,1,6,9-10,12-16H2,2-5H3/q+1/b8-7+. The second-order valence-electron chi connectivity index (χ2n) is 9.93. The van der Waals surface area contributed by atoms with E-state index < -0.39 is 7.72 Å². The van der Waals surface area contributed by atoms with Crippen LogP contribution in [0.15, 0.2) is 36.0 Å². The topological polar surface area (TPSA) is 44.8 Å². The summed E-state index contributed by atoms with van der Waals surface area (Å²) in [5.74, 6) is 1.45. The van der Waals surface area contributed by atoms with E-state index in [0.29, 0.717) is 35.3 Å². The minimum absolute atomic E-state index is 0.193. The average molecular weight is 420 g/mol. The Morgan fingerprint density at radius 2 is 1.97 bits per heavy atom. The number of rotatable bonds is 4. The molecule has 0 aromatic rings. The number of esters is 1. The summed E-state index contributed by atoms with van der Waals surface area (Å²) in [6, 6.07) is 0. The molecular formula is C24H36O4P+. The summed E-state index contributed by atoms with van der Waals surface area (Å²) in [7, 11) is 1.96. The Bertz CT molecular complexity index is 752. The molecule has 1 saturated heterocycles. The van der Waals surface area contributed by atoms with Gasteiger partial charge < -0.3 is 4.74 Å². The summed E-state index contributed by atoms with van der Waals surface area (Å²) in [4.78, 5) is 11.9. The van der Waals surface area contributed by atoms with Crippen molar-refractivity contribution in [2.45, 2.75) is 46.0 Å². The van der Waals surface area contributed by atoms with Crippen molar-refractivity contribution in [3.05, 3.63) is 36.0 Å². The highest BCUT2D eigenvalue weighted by Crippen LogP contribution is 2.73. The van der Waals surface area contributed by atoms with Gasteiger partial charge in [0.25, 0.3) is 7.72 Å². The van der Waals surface area contributed by atoms with Crippen LogP contribution in [0.3, 0.4) is 0 Å². The first-order valence-corrected chi connectivity index (χ1v) is 13.0. The van der Waals surface area contributed by atoms with Crippen LogP contribution in [0, 0.1) is 28.6 Å². The Morgan fingerprint density at radius 1 is 1.21 bits per heavy atom. The lowest BCUT2D eigenvalue weighted by atomic mass is 9.44. The predicted octanol–water partition coefficient (Wildman–Crippen LogP) is 5.57. The summed E-state index contributed by atoms with van der Waals surface area (Å²) in [6.45, 7) is 9.86. The molecule has 0 bridgehead atoms. The number of ether oxygens (including phenoxy) is 1. The van der Waals surface area contributed by atoms with Crippen LogP contribution < -0.4 is 0 Å². The summed E-state index contributed by atoms with van der Waals surface area (Å²) >= 11 is 0. The smallest absolute Gasteiger partial charge is 0.338 e. The van der Waals surface area contributed by atoms with Gasteiger partial charge in [-0.25, -0.2) is 13.8 Å². The maximum atomic E-state index is 11.9. The van der Waals surface area contributed by atoms with Crippen molar-refractivity contribution in [2.75, 3.05) is 33.2 Å². The van der Waals surface area contributed by atoms with Gasteiger partial charge in [-0.3, -0.25) is 0 Å². The third-order valence-electron chi connectivity index (χ3n) is 8.84. The number of carbonyl (C=O) groups is 1. The molecule has 0 spiro atoms. The minimum atomic E-state index is -1.71. The number of allylic oxidation sites excluding steroid dienone is 2. The summed E-state index contributed by atoms with van der Waals surface area (Å²) in [5, 5.41) is 0. The molecule has 0 amide bonds. The highest BCUT2D eigenvalue weighted by atomic mass is 31.2. The highest BCUT2D eigenvalue weighted by Gasteiger charge is 2.63. The molecule has 0 N–H and O–H groups in total. The van der Waals surface area contributed by atoms with Crippen molar-refractivity contribution in [3.8, 4) is 0 Å². The van der Waals surface area contributed by atoms with Gasteiger partial charge in [-0.1, -0.05) is 38.2 Å². The second kappa shape index (κ2) is 7.62. The summed E-state index contributed by atoms with van der Waals surface area (Å²) < 4.78 is 16.9. The van der Waals surface area contributed by atoms with Crippen molar-refractivity contribution in [1.82, 2.24) is 0 Å². The minimum Gasteiger partial charge on any atom is -0.458 e. The van der Waals surface area contributed by atoms with Gasteiger partial charge in [0.2, 0.25) is 0 Å². The number of hydrogen-bond acceptors (Lipinski definition) is 4. The Morgan fingerprint density at radius 3 is 2.62 bits per heavy atom. The van der Waals surface area contributed by atoms with E-state index in [1.165, 1.54) is 31.3 Å². The van der Waals surface area contributed by atoms with E-state index in [1.54, 1.807) is 0 Å². The molecule has 2 aliphatic heterocycles. The fourth-order valence-corrected chi connectivity index (χ4v) is 10.1. The zero-order valence-corrected chi connectivity index (χ0v) is 19.3. The highest BCUT2D eigenvalue weighted by molar-refractivity contribution is 7.66. The molecule has 0 aromatic carbocycles. The van der Waals surface area contributed by atoms with Gasteiger partial charge in [0.1, 0.15) is 18.9 Å². The van der Waals surface area contributed by atoms with Gasteiger partial charge in [0.15, 0.2) is 0 Å². The van der Waals surface area contributed by atoms with Gasteiger partial charge >= 0.3 is 5.97 Å². The van der Waals surface area contributed by atoms with Crippen molar-refractivity contribution >= 4 is 13.7 Å². The molecule has 2 aliphatic carbocycles. The average Bonchev–Trinajstić information content (AvgIpc) is 3.12. The first-order valence-electron chi connectivity index (χ1n) is 11.0. The van der Waals surface area contributed by atoms with E-state index in [2.05, 4.69) is 26.5 Å². The number of fused-ring (bicyclic) bond motifs is 3. The molecule has 2 saturated carbocycles. The van der Waals surface area contributed by atoms with Gasteiger partial charge in [-0.15, -0.1) is 0 Å². The van der Waals surface area contributed by atoms with Gasteiger partial charge in [-0.2, -0.15) is 0 Å². The van der Waals surface area contributed by atoms with Crippen LogP contribution in [0.25, 0.3) is 0 Å². The molecule has 0 radical (unpaired) electrons. The first-order chi connectivity index (χ1) is 13.8. The van der Waals surface area contributed by atoms with Crippen LogP contribution >= 0.6 is 7.72 Å². The SMILES string of the molecule is C=C1CCC2C3(C)CC[P+](OC)(OC)CC3CCC2(C)C1/C=C/C1=CCOC1=O. The van der Waals surface area contributed by atoms with Crippen molar-refractivity contribution in [1.29, 1.82) is 0 Å². The molecule has 4 aliphatic rings. The quantitative estimate of drug-likeness (QED) is 0.339. The number of hydrogen-bond donors (Lipinski definition) is 0. The lowest BCUT2D eigenvalue weighted by Crippen LogP contribution is -2.56. The van der Waals surface area contributed by atoms with Crippen molar-refractivity contribution in [2.24, 2.45) is 28.6 Å². The first kappa shape index (κ1) is 21.3. The number of cyclic esters (lactones) is 1. The maximum absolute atomic E-state index is 11.9. The summed E-state index contributed by atoms with van der Waals surface area (Å²) in [5.41, 5.74) is 2.53. The Balaban J connectivity index is 1.61. The maximum Gasteiger partial charge on any atom is 0.338 e. The third kappa shape index (κ3) is 3.36. The number of carbonyl (C=O) groups excluding carboxylic acids is 1. The van der Waals surface area contributed by atoms with Crippen LogP contribution in [-0.4, -0.2) is 39.1 Å². The predicted molar refractivity (Wildman–Crippen MR) is 118 cm³/mol. The zero-order chi connectivity index (χ0) is 20.9. The van der Waals surface area contributed by atoms with Gasteiger partial charge in [0.05, 0.1) is 19.8 Å². The molecule has 3 fully saturated rings. The van der Waals surface area contributed by atoms with Crippen LogP contribution in [0.2, 0.25) is 0 Å². The fourth-order valence-electron chi connectivity index (χ4n) is 7.00. The van der Waals surface area contributed by atoms with E-state index in [9.17, 15) is 4.79 Å². The Kier molecular flexibility index (Phi) is 5.59. The van der Waals surface area contributed by atoms with E-state index in [-0.39, 0.29) is 11.4 Å². The van der Waals surface area contributed by atoms with E-state index in [1.807, 2.05) is 26.4 Å². The molecular weight excluding hydrogens is 383 g/mol. The summed E-state index contributed by atoms with van der Waals surface area (Å²) in [6.07, 6.45) is 14.2. The van der Waals surface area contributed by atoms with Gasteiger partial charge in [0, 0.05) is 11.8 Å². The molecule has 5 heteroatoms. The molecule has 29 heavy (non-hydrogen) atoms. The van der Waals surface area contributed by atoms with Crippen LogP contribution in [-0.2, 0) is 18.6 Å².